The Kier molecular flexibility index (Phi) is 7.13. The third-order valence-electron chi connectivity index (χ3n) is 4.84. The number of rotatable bonds is 7. The van der Waals surface area contributed by atoms with Gasteiger partial charge in [-0.05, 0) is 58.5 Å². The molecule has 0 spiro atoms. The predicted molar refractivity (Wildman–Crippen MR) is 135 cm³/mol. The minimum Gasteiger partial charge on any atom is -0.493 e. The van der Waals surface area contributed by atoms with Crippen molar-refractivity contribution in [2.24, 2.45) is 4.99 Å². The molecule has 0 aromatic heterocycles. The first-order valence-corrected chi connectivity index (χ1v) is 11.3. The van der Waals surface area contributed by atoms with Crippen LogP contribution in [0, 0.1) is 13.7 Å². The summed E-state index contributed by atoms with van der Waals surface area (Å²) in [5, 5.41) is 11.2. The smallest absolute Gasteiger partial charge is 0.363 e. The van der Waals surface area contributed by atoms with Crippen LogP contribution in [0.5, 0.6) is 11.5 Å². The Bertz CT molecular complexity index is 1360. The van der Waals surface area contributed by atoms with Gasteiger partial charge in [0, 0.05) is 21.3 Å². The zero-order valence-corrected chi connectivity index (χ0v) is 20.6. The molecule has 3 aromatic carbocycles. The lowest BCUT2D eigenvalue weighted by molar-refractivity contribution is -0.384. The number of benzene rings is 3. The second-order valence-corrected chi connectivity index (χ2v) is 8.62. The van der Waals surface area contributed by atoms with E-state index in [0.717, 1.165) is 9.13 Å². The Balaban J connectivity index is 1.58. The van der Waals surface area contributed by atoms with Gasteiger partial charge in [0.25, 0.3) is 5.69 Å². The molecule has 0 N–H and O–H groups in total. The fourth-order valence-electron chi connectivity index (χ4n) is 3.14. The third-order valence-corrected chi connectivity index (χ3v) is 6.23. The SMILES string of the molecule is COc1cc(/C=C2\N=C(c3cc([N+](=O)[O-])ccc3Cl)OC2=O)ccc1OCc1ccccc1I. The number of carbonyl (C=O) groups is 1. The van der Waals surface area contributed by atoms with E-state index >= 15 is 0 Å². The van der Waals surface area contributed by atoms with Crippen LogP contribution in [0.3, 0.4) is 0 Å². The van der Waals surface area contributed by atoms with Gasteiger partial charge in [-0.3, -0.25) is 10.1 Å². The highest BCUT2D eigenvalue weighted by Gasteiger charge is 2.27. The Hall–Kier alpha value is -3.44. The molecule has 3 aromatic rings. The van der Waals surface area contributed by atoms with Crippen LogP contribution in [0.15, 0.2) is 71.4 Å². The maximum Gasteiger partial charge on any atom is 0.363 e. The van der Waals surface area contributed by atoms with Crippen molar-refractivity contribution in [2.75, 3.05) is 7.11 Å². The van der Waals surface area contributed by atoms with E-state index < -0.39 is 10.9 Å². The molecule has 1 aliphatic heterocycles. The molecule has 172 valence electrons. The fraction of sp³-hybridized carbons (Fsp3) is 0.0833. The topological polar surface area (TPSA) is 100 Å². The van der Waals surface area contributed by atoms with E-state index in [0.29, 0.717) is 23.7 Å². The molecular formula is C24H16ClIN2O6. The zero-order chi connectivity index (χ0) is 24.2. The second kappa shape index (κ2) is 10.2. The lowest BCUT2D eigenvalue weighted by atomic mass is 10.1. The molecular weight excluding hydrogens is 575 g/mol. The second-order valence-electron chi connectivity index (χ2n) is 7.05. The van der Waals surface area contributed by atoms with Crippen LogP contribution >= 0.6 is 34.2 Å². The Morgan fingerprint density at radius 2 is 1.94 bits per heavy atom. The molecule has 10 heteroatoms. The zero-order valence-electron chi connectivity index (χ0n) is 17.7. The lowest BCUT2D eigenvalue weighted by Crippen LogP contribution is -2.06. The number of methoxy groups -OCH3 is 1. The first kappa shape index (κ1) is 23.7. The molecule has 8 nitrogen and oxygen atoms in total. The van der Waals surface area contributed by atoms with Crippen molar-refractivity contribution in [3.63, 3.8) is 0 Å². The molecule has 34 heavy (non-hydrogen) atoms. The molecule has 0 unspecified atom stereocenters. The minimum atomic E-state index is -0.699. The Morgan fingerprint density at radius 3 is 2.68 bits per heavy atom. The highest BCUT2D eigenvalue weighted by molar-refractivity contribution is 14.1. The number of nitrogens with zero attached hydrogens (tertiary/aromatic N) is 2. The average Bonchev–Trinajstić information content (AvgIpc) is 3.18. The van der Waals surface area contributed by atoms with Crippen LogP contribution in [0.25, 0.3) is 6.08 Å². The standard InChI is InChI=1S/C24H16ClIN2O6/c1-32-22-11-14(6-9-21(22)33-13-15-4-2-3-5-19(15)26)10-20-24(29)34-23(27-20)17-12-16(28(30)31)7-8-18(17)25/h2-12H,13H2,1H3/b20-10-. The third kappa shape index (κ3) is 5.20. The van der Waals surface area contributed by atoms with Crippen LogP contribution in [0.2, 0.25) is 5.02 Å². The molecule has 1 aliphatic rings. The number of halogens is 2. The van der Waals surface area contributed by atoms with Gasteiger partial charge in [0.1, 0.15) is 6.61 Å². The van der Waals surface area contributed by atoms with Gasteiger partial charge in [-0.25, -0.2) is 9.79 Å². The highest BCUT2D eigenvalue weighted by Crippen LogP contribution is 2.31. The molecule has 0 bridgehead atoms. The average molecular weight is 591 g/mol. The van der Waals surface area contributed by atoms with Crippen molar-refractivity contribution in [2.45, 2.75) is 6.61 Å². The maximum atomic E-state index is 12.4. The van der Waals surface area contributed by atoms with E-state index in [2.05, 4.69) is 27.6 Å². The van der Waals surface area contributed by atoms with Gasteiger partial charge in [-0.2, -0.15) is 0 Å². The fourth-order valence-corrected chi connectivity index (χ4v) is 3.88. The van der Waals surface area contributed by atoms with E-state index in [-0.39, 0.29) is 27.9 Å². The van der Waals surface area contributed by atoms with Crippen molar-refractivity contribution in [1.29, 1.82) is 0 Å². The number of hydrogen-bond acceptors (Lipinski definition) is 7. The van der Waals surface area contributed by atoms with Crippen LogP contribution in [0.1, 0.15) is 16.7 Å². The van der Waals surface area contributed by atoms with Crippen molar-refractivity contribution in [3.8, 4) is 11.5 Å². The molecule has 0 radical (unpaired) electrons. The number of cyclic esters (lactones) is 1. The molecule has 0 fully saturated rings. The van der Waals surface area contributed by atoms with Crippen molar-refractivity contribution >= 4 is 57.8 Å². The van der Waals surface area contributed by atoms with Crippen molar-refractivity contribution < 1.29 is 23.9 Å². The Morgan fingerprint density at radius 1 is 1.15 bits per heavy atom. The summed E-state index contributed by atoms with van der Waals surface area (Å²) in [6.07, 6.45) is 1.52. The van der Waals surface area contributed by atoms with Gasteiger partial charge < -0.3 is 14.2 Å². The molecule has 1 heterocycles. The van der Waals surface area contributed by atoms with Crippen LogP contribution < -0.4 is 9.47 Å². The summed E-state index contributed by atoms with van der Waals surface area (Å²) in [6.45, 7) is 0.375. The number of nitro groups is 1. The summed E-state index contributed by atoms with van der Waals surface area (Å²) >= 11 is 8.38. The number of carbonyl (C=O) groups excluding carboxylic acids is 1. The molecule has 0 saturated heterocycles. The van der Waals surface area contributed by atoms with Gasteiger partial charge in [0.2, 0.25) is 5.90 Å². The van der Waals surface area contributed by atoms with Gasteiger partial charge in [-0.15, -0.1) is 0 Å². The van der Waals surface area contributed by atoms with Gasteiger partial charge in [-0.1, -0.05) is 35.9 Å². The largest absolute Gasteiger partial charge is 0.493 e. The quantitative estimate of drug-likeness (QED) is 0.114. The summed E-state index contributed by atoms with van der Waals surface area (Å²) in [5.41, 5.74) is 1.66. The van der Waals surface area contributed by atoms with Gasteiger partial charge >= 0.3 is 5.97 Å². The van der Waals surface area contributed by atoms with Crippen molar-refractivity contribution in [3.05, 3.63) is 102 Å². The maximum absolute atomic E-state index is 12.4. The molecule has 0 amide bonds. The highest BCUT2D eigenvalue weighted by atomic mass is 127. The van der Waals surface area contributed by atoms with E-state index in [1.165, 1.54) is 31.4 Å². The summed E-state index contributed by atoms with van der Waals surface area (Å²) in [6, 6.07) is 16.9. The minimum absolute atomic E-state index is 0.0205. The van der Waals surface area contributed by atoms with Crippen LogP contribution in [0.4, 0.5) is 5.69 Å². The first-order chi connectivity index (χ1) is 16.4. The van der Waals surface area contributed by atoms with Crippen LogP contribution in [-0.4, -0.2) is 23.9 Å². The summed E-state index contributed by atoms with van der Waals surface area (Å²) in [4.78, 5) is 27.0. The molecule has 4 rings (SSSR count). The van der Waals surface area contributed by atoms with E-state index in [4.69, 9.17) is 25.8 Å². The van der Waals surface area contributed by atoms with E-state index in [9.17, 15) is 14.9 Å². The van der Waals surface area contributed by atoms with E-state index in [1.807, 2.05) is 24.3 Å². The summed E-state index contributed by atoms with van der Waals surface area (Å²) in [7, 11) is 1.52. The van der Waals surface area contributed by atoms with E-state index in [1.54, 1.807) is 18.2 Å². The van der Waals surface area contributed by atoms with Gasteiger partial charge in [0.15, 0.2) is 17.2 Å². The number of ether oxygens (including phenoxy) is 3. The van der Waals surface area contributed by atoms with Crippen LogP contribution in [-0.2, 0) is 16.1 Å². The molecule has 0 aliphatic carbocycles. The molecule has 0 saturated carbocycles. The van der Waals surface area contributed by atoms with Gasteiger partial charge in [0.05, 0.1) is 22.6 Å². The lowest BCUT2D eigenvalue weighted by Gasteiger charge is -2.12. The summed E-state index contributed by atoms with van der Waals surface area (Å²) < 4.78 is 17.7. The number of aliphatic imine (C=N–C) groups is 1. The number of nitro benzene ring substituents is 1. The first-order valence-electron chi connectivity index (χ1n) is 9.87. The Labute approximate surface area is 213 Å². The number of non-ortho nitro benzene ring substituents is 1. The number of esters is 1. The summed E-state index contributed by atoms with van der Waals surface area (Å²) in [5.74, 6) is 0.230. The molecule has 0 atom stereocenters. The monoisotopic (exact) mass is 590 g/mol. The predicted octanol–water partition coefficient (Wildman–Crippen LogP) is 5.78. The van der Waals surface area contributed by atoms with Crippen molar-refractivity contribution in [1.82, 2.24) is 0 Å². The normalized spacial score (nSPS) is 14.0. The number of hydrogen-bond donors (Lipinski definition) is 0.